The Labute approximate surface area is 159 Å². The lowest BCUT2D eigenvalue weighted by molar-refractivity contribution is -0.116. The van der Waals surface area contributed by atoms with Crippen LogP contribution in [0.5, 0.6) is 0 Å². The highest BCUT2D eigenvalue weighted by molar-refractivity contribution is 9.10. The molecule has 25 heavy (non-hydrogen) atoms. The van der Waals surface area contributed by atoms with Crippen LogP contribution in [-0.4, -0.2) is 31.7 Å². The van der Waals surface area contributed by atoms with E-state index in [-0.39, 0.29) is 17.1 Å². The minimum Gasteiger partial charge on any atom is -0.322 e. The predicted octanol–water partition coefficient (Wildman–Crippen LogP) is 3.89. The number of hydrogen-bond acceptors (Lipinski definition) is 3. The summed E-state index contributed by atoms with van der Waals surface area (Å²) < 4.78 is 40.5. The Balaban J connectivity index is 2.15. The summed E-state index contributed by atoms with van der Waals surface area (Å²) in [5.74, 6) is -1.26. The molecule has 0 heterocycles. The van der Waals surface area contributed by atoms with Crippen molar-refractivity contribution in [3.05, 3.63) is 57.8 Å². The van der Waals surface area contributed by atoms with Crippen molar-refractivity contribution >= 4 is 49.1 Å². The van der Waals surface area contributed by atoms with E-state index in [9.17, 15) is 17.6 Å². The van der Waals surface area contributed by atoms with Crippen LogP contribution in [-0.2, 0) is 14.8 Å². The molecule has 2 aromatic carbocycles. The molecule has 0 fully saturated rings. The third-order valence-electron chi connectivity index (χ3n) is 3.33. The van der Waals surface area contributed by atoms with Gasteiger partial charge in [0, 0.05) is 16.0 Å². The largest absolute Gasteiger partial charge is 0.322 e. The smallest absolute Gasteiger partial charge is 0.243 e. The number of likely N-dealkylation sites (N-methyl/N-ethyl adjacent to an activating group) is 1. The van der Waals surface area contributed by atoms with Gasteiger partial charge in [0.05, 0.1) is 17.1 Å². The van der Waals surface area contributed by atoms with Gasteiger partial charge < -0.3 is 5.32 Å². The molecule has 0 radical (unpaired) electrons. The Kier molecular flexibility index (Phi) is 6.56. The van der Waals surface area contributed by atoms with Crippen molar-refractivity contribution in [3.63, 3.8) is 0 Å². The Bertz CT molecular complexity index is 875. The topological polar surface area (TPSA) is 66.5 Å². The normalized spacial score (nSPS) is 11.6. The third kappa shape index (κ3) is 5.01. The summed E-state index contributed by atoms with van der Waals surface area (Å²) >= 11 is 8.89. The van der Waals surface area contributed by atoms with Crippen molar-refractivity contribution < 1.29 is 17.6 Å². The van der Waals surface area contributed by atoms with Gasteiger partial charge in [-0.2, -0.15) is 4.31 Å². The van der Waals surface area contributed by atoms with Gasteiger partial charge in [-0.05, 0) is 42.5 Å². The lowest BCUT2D eigenvalue weighted by atomic mass is 10.3. The van der Waals surface area contributed by atoms with Crippen molar-refractivity contribution in [3.8, 4) is 0 Å². The molecule has 2 aromatic rings. The van der Waals surface area contributed by atoms with Crippen LogP contribution in [0.25, 0.3) is 0 Å². The first-order valence-corrected chi connectivity index (χ1v) is 9.85. The molecule has 0 aromatic heterocycles. The number of nitrogens with zero attached hydrogens (tertiary/aromatic N) is 1. The molecule has 0 aliphatic rings. The summed E-state index contributed by atoms with van der Waals surface area (Å²) in [6, 6.07) is 9.82. The molecule has 0 aliphatic carbocycles. The fourth-order valence-electron chi connectivity index (χ4n) is 2.06. The van der Waals surface area contributed by atoms with Crippen LogP contribution in [0.15, 0.2) is 51.8 Å². The summed E-state index contributed by atoms with van der Waals surface area (Å²) in [6.07, 6.45) is 0. The van der Waals surface area contributed by atoms with Crippen molar-refractivity contribution in [2.45, 2.75) is 11.8 Å². The van der Waals surface area contributed by atoms with E-state index in [1.54, 1.807) is 13.0 Å². The number of anilines is 1. The monoisotopic (exact) mass is 448 g/mol. The third-order valence-corrected chi connectivity index (χ3v) is 6.01. The Hall–Kier alpha value is -1.48. The molecule has 2 rings (SSSR count). The highest BCUT2D eigenvalue weighted by Crippen LogP contribution is 2.21. The van der Waals surface area contributed by atoms with E-state index in [0.29, 0.717) is 9.50 Å². The summed E-state index contributed by atoms with van der Waals surface area (Å²) in [4.78, 5) is 12.2. The molecular formula is C16H15BrClFN2O3S. The van der Waals surface area contributed by atoms with Gasteiger partial charge in [-0.1, -0.05) is 34.5 Å². The maximum absolute atomic E-state index is 13.8. The molecule has 0 saturated carbocycles. The minimum atomic E-state index is -3.86. The minimum absolute atomic E-state index is 0.0202. The maximum atomic E-state index is 13.8. The molecule has 1 amide bonds. The van der Waals surface area contributed by atoms with Crippen LogP contribution in [0.3, 0.4) is 0 Å². The van der Waals surface area contributed by atoms with Gasteiger partial charge in [-0.25, -0.2) is 12.8 Å². The van der Waals surface area contributed by atoms with E-state index in [4.69, 9.17) is 11.6 Å². The number of carbonyl (C=O) groups is 1. The summed E-state index contributed by atoms with van der Waals surface area (Å²) in [5.41, 5.74) is -0.0202. The number of carbonyl (C=O) groups excluding carboxylic acids is 1. The summed E-state index contributed by atoms with van der Waals surface area (Å²) in [6.45, 7) is 1.26. The second-order valence-electron chi connectivity index (χ2n) is 5.06. The first-order chi connectivity index (χ1) is 11.7. The van der Waals surface area contributed by atoms with E-state index in [0.717, 1.165) is 4.31 Å². The number of nitrogens with one attached hydrogen (secondary N) is 1. The number of hydrogen-bond donors (Lipinski definition) is 1. The van der Waals surface area contributed by atoms with Gasteiger partial charge >= 0.3 is 0 Å². The number of rotatable bonds is 6. The first-order valence-electron chi connectivity index (χ1n) is 7.24. The van der Waals surface area contributed by atoms with Gasteiger partial charge in [-0.3, -0.25) is 4.79 Å². The van der Waals surface area contributed by atoms with E-state index in [1.807, 2.05) is 0 Å². The second-order valence-corrected chi connectivity index (χ2v) is 8.35. The Morgan fingerprint density at radius 2 is 1.88 bits per heavy atom. The zero-order chi connectivity index (χ0) is 18.6. The van der Waals surface area contributed by atoms with E-state index in [1.165, 1.54) is 36.4 Å². The summed E-state index contributed by atoms with van der Waals surface area (Å²) in [5, 5.41) is 2.78. The molecule has 0 atom stereocenters. The van der Waals surface area contributed by atoms with Gasteiger partial charge in [0.1, 0.15) is 5.82 Å². The molecule has 0 aliphatic heterocycles. The van der Waals surface area contributed by atoms with E-state index in [2.05, 4.69) is 21.2 Å². The van der Waals surface area contributed by atoms with E-state index < -0.39 is 28.3 Å². The average molecular weight is 450 g/mol. The molecule has 134 valence electrons. The first kappa shape index (κ1) is 19.8. The van der Waals surface area contributed by atoms with Crippen molar-refractivity contribution in [2.24, 2.45) is 0 Å². The van der Waals surface area contributed by atoms with Crippen molar-refractivity contribution in [2.75, 3.05) is 18.4 Å². The Morgan fingerprint density at radius 3 is 2.44 bits per heavy atom. The summed E-state index contributed by atoms with van der Waals surface area (Å²) in [7, 11) is -3.86. The van der Waals surface area contributed by atoms with Crippen LogP contribution in [0.2, 0.25) is 5.02 Å². The quantitative estimate of drug-likeness (QED) is 0.727. The lowest BCUT2D eigenvalue weighted by Gasteiger charge is -2.20. The molecular weight excluding hydrogens is 435 g/mol. The number of halogens is 3. The van der Waals surface area contributed by atoms with Crippen LogP contribution in [0.1, 0.15) is 6.92 Å². The highest BCUT2D eigenvalue weighted by atomic mass is 79.9. The van der Waals surface area contributed by atoms with Gasteiger partial charge in [-0.15, -0.1) is 0 Å². The SMILES string of the molecule is CCN(CC(=O)Nc1ccc(Br)cc1F)S(=O)(=O)c1ccc(Cl)cc1. The molecule has 5 nitrogen and oxygen atoms in total. The fraction of sp³-hybridized carbons (Fsp3) is 0.188. The molecule has 1 N–H and O–H groups in total. The zero-order valence-electron chi connectivity index (χ0n) is 13.2. The van der Waals surface area contributed by atoms with Gasteiger partial charge in [0.2, 0.25) is 15.9 Å². The molecule has 9 heteroatoms. The standard InChI is InChI=1S/C16H15BrClFN2O3S/c1-2-21(25(23,24)13-6-4-12(18)5-7-13)10-16(22)20-15-8-3-11(17)9-14(15)19/h3-9H,2,10H2,1H3,(H,20,22). The number of sulfonamides is 1. The fourth-order valence-corrected chi connectivity index (χ4v) is 3.93. The maximum Gasteiger partial charge on any atom is 0.243 e. The lowest BCUT2D eigenvalue weighted by Crippen LogP contribution is -2.37. The number of amides is 1. The highest BCUT2D eigenvalue weighted by Gasteiger charge is 2.25. The zero-order valence-corrected chi connectivity index (χ0v) is 16.3. The Morgan fingerprint density at radius 1 is 1.24 bits per heavy atom. The van der Waals surface area contributed by atoms with Gasteiger partial charge in [0.25, 0.3) is 0 Å². The predicted molar refractivity (Wildman–Crippen MR) is 98.6 cm³/mol. The van der Waals surface area contributed by atoms with Crippen LogP contribution < -0.4 is 5.32 Å². The van der Waals surface area contributed by atoms with Crippen LogP contribution in [0.4, 0.5) is 10.1 Å². The average Bonchev–Trinajstić information content (AvgIpc) is 2.55. The van der Waals surface area contributed by atoms with E-state index >= 15 is 0 Å². The van der Waals surface area contributed by atoms with Crippen molar-refractivity contribution in [1.82, 2.24) is 4.31 Å². The van der Waals surface area contributed by atoms with Crippen molar-refractivity contribution in [1.29, 1.82) is 0 Å². The molecule has 0 unspecified atom stereocenters. The molecule has 0 spiro atoms. The molecule has 0 bridgehead atoms. The molecule has 0 saturated heterocycles. The van der Waals surface area contributed by atoms with Crippen LogP contribution >= 0.6 is 27.5 Å². The van der Waals surface area contributed by atoms with Crippen LogP contribution in [0, 0.1) is 5.82 Å². The second kappa shape index (κ2) is 8.27. The number of benzene rings is 2. The van der Waals surface area contributed by atoms with Gasteiger partial charge in [0.15, 0.2) is 0 Å².